The smallest absolute Gasteiger partial charge is 0.315 e. The van der Waals surface area contributed by atoms with E-state index in [0.29, 0.717) is 142 Å². The second-order valence-electron chi connectivity index (χ2n) is 24.8. The van der Waals surface area contributed by atoms with E-state index < -0.39 is 46.3 Å². The van der Waals surface area contributed by atoms with Gasteiger partial charge >= 0.3 is 23.6 Å². The number of rotatable bonds is 19. The van der Waals surface area contributed by atoms with Gasteiger partial charge in [0.25, 0.3) is 0 Å². The van der Waals surface area contributed by atoms with Crippen LogP contribution in [0.1, 0.15) is 97.4 Å². The first-order valence-corrected chi connectivity index (χ1v) is 30.6. The molecule has 2 aliphatic rings. The molecule has 4 amide bonds. The molecule has 2 fully saturated rings. The van der Waals surface area contributed by atoms with Crippen LogP contribution in [0.25, 0.3) is 67.4 Å². The van der Waals surface area contributed by atoms with E-state index >= 15 is 8.78 Å². The highest BCUT2D eigenvalue weighted by atomic mass is 19.1. The Morgan fingerprint density at radius 1 is 0.596 bits per heavy atom. The van der Waals surface area contributed by atoms with Gasteiger partial charge in [-0.2, -0.15) is 9.97 Å². The molecule has 24 nitrogen and oxygen atoms in total. The van der Waals surface area contributed by atoms with Crippen molar-refractivity contribution in [1.29, 1.82) is 0 Å². The van der Waals surface area contributed by atoms with E-state index in [1.54, 1.807) is 73.1 Å². The molecule has 0 radical (unpaired) electrons. The Morgan fingerprint density at radius 2 is 1.20 bits per heavy atom. The topological polar surface area (TPSA) is 302 Å². The molecule has 1 unspecified atom stereocenters. The number of fused-ring (bicyclic) bond motifs is 2. The summed E-state index contributed by atoms with van der Waals surface area (Å²) in [5.41, 5.74) is 6.32. The van der Waals surface area contributed by atoms with E-state index in [4.69, 9.17) is 28.5 Å². The predicted octanol–water partition coefficient (Wildman–Crippen LogP) is 9.79. The van der Waals surface area contributed by atoms with Crippen molar-refractivity contribution in [3.63, 3.8) is 0 Å². The van der Waals surface area contributed by atoms with Crippen LogP contribution in [0.15, 0.2) is 137 Å². The molecule has 12 rings (SSSR count). The number of anilines is 2. The fourth-order valence-electron chi connectivity index (χ4n) is 10.8. The van der Waals surface area contributed by atoms with Crippen molar-refractivity contribution >= 4 is 57.3 Å². The van der Waals surface area contributed by atoms with Gasteiger partial charge in [0, 0.05) is 127 Å². The van der Waals surface area contributed by atoms with Gasteiger partial charge in [-0.1, -0.05) is 100 Å². The van der Waals surface area contributed by atoms with Crippen molar-refractivity contribution in [3.05, 3.63) is 179 Å². The number of benzene rings is 4. The minimum atomic E-state index is -0.671. The molecule has 6 aromatic heterocycles. The van der Waals surface area contributed by atoms with E-state index in [9.17, 15) is 19.2 Å². The lowest BCUT2D eigenvalue weighted by atomic mass is 9.92. The molecule has 482 valence electrons. The zero-order valence-corrected chi connectivity index (χ0v) is 52.5. The molecule has 4 aromatic carbocycles. The number of pyridine rings is 2. The molecular weight excluding hydrogens is 1210 g/mol. The number of hydrogen-bond acceptors (Lipinski definition) is 18. The lowest BCUT2D eigenvalue weighted by molar-refractivity contribution is -0.112. The number of nitrogens with zero attached hydrogens (tertiary/aromatic N) is 10. The molecule has 8 heterocycles. The lowest BCUT2D eigenvalue weighted by Gasteiger charge is -2.33. The number of halogens is 2. The lowest BCUT2D eigenvalue weighted by Crippen LogP contribution is -2.38. The summed E-state index contributed by atoms with van der Waals surface area (Å²) in [4.78, 5) is 91.3. The normalized spacial score (nSPS) is 15.1. The fraction of sp³-hybridized carbons (Fsp3) is 0.294. The zero-order valence-electron chi connectivity index (χ0n) is 52.5. The zero-order chi connectivity index (χ0) is 65.7. The summed E-state index contributed by atoms with van der Waals surface area (Å²) in [5.74, 6) is -2.01. The van der Waals surface area contributed by atoms with E-state index in [0.717, 1.165) is 13.1 Å². The van der Waals surface area contributed by atoms with Gasteiger partial charge < -0.3 is 49.8 Å². The maximum Gasteiger partial charge on any atom is 0.315 e. The van der Waals surface area contributed by atoms with Gasteiger partial charge in [-0.05, 0) is 71.3 Å². The van der Waals surface area contributed by atoms with E-state index in [2.05, 4.69) is 71.3 Å². The Hall–Kier alpha value is -10.5. The first-order valence-electron chi connectivity index (χ1n) is 30.6. The molecule has 6 N–H and O–H groups in total. The number of para-hydroxylation sites is 1. The summed E-state index contributed by atoms with van der Waals surface area (Å²) in [6.45, 7) is 16.0. The molecule has 10 aromatic rings. The van der Waals surface area contributed by atoms with Gasteiger partial charge in [0.15, 0.2) is 22.9 Å². The largest absolute Gasteiger partial charge is 0.379 e. The minimum absolute atomic E-state index is 0.124. The number of aromatic amines is 2. The number of nitrogens with one attached hydrogen (secondary N) is 6. The third-order valence-corrected chi connectivity index (χ3v) is 15.8. The van der Waals surface area contributed by atoms with Gasteiger partial charge in [-0.3, -0.25) is 29.0 Å². The van der Waals surface area contributed by atoms with E-state index in [1.165, 1.54) is 24.3 Å². The summed E-state index contributed by atoms with van der Waals surface area (Å²) in [7, 11) is 0. The fourth-order valence-corrected chi connectivity index (χ4v) is 10.8. The van der Waals surface area contributed by atoms with Crippen LogP contribution < -0.4 is 21.3 Å². The molecule has 2 saturated heterocycles. The van der Waals surface area contributed by atoms with Crippen LogP contribution in [0.3, 0.4) is 0 Å². The highest BCUT2D eigenvalue weighted by Crippen LogP contribution is 2.39. The van der Waals surface area contributed by atoms with Crippen molar-refractivity contribution < 1.29 is 46.5 Å². The van der Waals surface area contributed by atoms with Gasteiger partial charge in [-0.25, -0.2) is 28.7 Å². The van der Waals surface area contributed by atoms with Crippen LogP contribution in [0.4, 0.5) is 20.2 Å². The van der Waals surface area contributed by atoms with Crippen molar-refractivity contribution in [3.8, 4) is 45.0 Å². The average Bonchev–Trinajstić information content (AvgIpc) is 1.07. The Bertz CT molecular complexity index is 4530. The third kappa shape index (κ3) is 14.7. The summed E-state index contributed by atoms with van der Waals surface area (Å²) >= 11 is 0. The third-order valence-electron chi connectivity index (χ3n) is 15.8. The number of carbonyl (C=O) groups excluding carboxylic acids is 4. The quantitative estimate of drug-likeness (QED) is 0.0410. The number of hydrogen-bond donors (Lipinski definition) is 6. The van der Waals surface area contributed by atoms with Gasteiger partial charge in [0.2, 0.25) is 11.8 Å². The van der Waals surface area contributed by atoms with E-state index in [-0.39, 0.29) is 41.9 Å². The van der Waals surface area contributed by atoms with Crippen LogP contribution in [-0.4, -0.2) is 143 Å². The summed E-state index contributed by atoms with van der Waals surface area (Å²) < 4.78 is 54.7. The molecule has 2 aliphatic heterocycles. The minimum Gasteiger partial charge on any atom is -0.379 e. The second kappa shape index (κ2) is 27.3. The number of aromatic nitrogens is 10. The highest BCUT2D eigenvalue weighted by molar-refractivity contribution is 6.03. The van der Waals surface area contributed by atoms with Crippen LogP contribution >= 0.6 is 0 Å². The van der Waals surface area contributed by atoms with Gasteiger partial charge in [0.1, 0.15) is 34.3 Å². The van der Waals surface area contributed by atoms with E-state index in [1.807, 2.05) is 71.9 Å². The molecular formula is C68H68F2N16O8. The van der Waals surface area contributed by atoms with Crippen LogP contribution in [0.5, 0.6) is 0 Å². The Morgan fingerprint density at radius 3 is 1.88 bits per heavy atom. The maximum absolute atomic E-state index is 16.7. The van der Waals surface area contributed by atoms with Crippen molar-refractivity contribution in [2.75, 3.05) is 69.7 Å². The number of carbonyl (C=O) groups is 4. The SMILES string of the molecule is CC(C)(C)c1noc(C(=O)NCc2ccc(-c3ccnc4[nH]c(-c5ccccc5NC(=O)/C=C/CN5CCOC(c6cc(CNC(=O)c7nc(C(C)(C)C)no7)c(F)cc6-c6ccnc7[nH]c(-c8cccc(NC(=O)/C=C/CN9CCOCC9)c8)nc67)C5)nc34)cc2F)n1. The standard InChI is InChI=1S/C68H68F2N16O8/c1-67(2,3)65-81-63(93-83-65)61(89)73-36-41-19-18-39(34-49(41)69)44-20-22-71-59-55(44)78-58(80-59)46-14-7-8-15-51(46)76-54(88)17-11-25-86-28-31-92-52(38-86)48-33-42(37-74-62(90)64-82-66(84-94-64)68(4,5)6)50(70)35-47(48)45-21-23-72-60-56(45)77-57(79-60)40-12-9-13-43(32-40)75-53(87)16-10-24-85-26-29-91-30-27-85/h7-23,32-35,52H,24-31,36-38H2,1-6H3,(H,73,89)(H,74,90)(H,75,87)(H,76,88)(H,71,78,80)(H,72,77,79)/b16-10+,17-11+. The molecule has 26 heteroatoms. The second-order valence-corrected chi connectivity index (χ2v) is 24.8. The molecule has 0 aliphatic carbocycles. The number of H-pyrrole nitrogens is 2. The van der Waals surface area contributed by atoms with Crippen molar-refractivity contribution in [1.82, 2.24) is 70.6 Å². The summed E-state index contributed by atoms with van der Waals surface area (Å²) in [6.07, 6.45) is 9.12. The van der Waals surface area contributed by atoms with Crippen molar-refractivity contribution in [2.45, 2.75) is 71.6 Å². The van der Waals surface area contributed by atoms with Crippen molar-refractivity contribution in [2.24, 2.45) is 0 Å². The Kier molecular flexibility index (Phi) is 18.5. The molecule has 0 spiro atoms. The molecule has 94 heavy (non-hydrogen) atoms. The number of amides is 4. The first-order chi connectivity index (χ1) is 45.3. The molecule has 1 atom stereocenters. The predicted molar refractivity (Wildman–Crippen MR) is 346 cm³/mol. The highest BCUT2D eigenvalue weighted by Gasteiger charge is 2.30. The van der Waals surface area contributed by atoms with Gasteiger partial charge in [-0.15, -0.1) is 0 Å². The van der Waals surface area contributed by atoms with Crippen LogP contribution in [0.2, 0.25) is 0 Å². The van der Waals surface area contributed by atoms with Crippen LogP contribution in [0, 0.1) is 11.6 Å². The summed E-state index contributed by atoms with van der Waals surface area (Å²) in [6, 6.07) is 25.7. The van der Waals surface area contributed by atoms with Crippen LogP contribution in [-0.2, 0) is 43.0 Å². The maximum atomic E-state index is 16.7. The number of imidazole rings is 2. The molecule has 0 bridgehead atoms. The molecule has 0 saturated carbocycles. The monoisotopic (exact) mass is 1270 g/mol. The number of ether oxygens (including phenoxy) is 2. The first kappa shape index (κ1) is 63.6. The average molecular weight is 1280 g/mol. The van der Waals surface area contributed by atoms with Gasteiger partial charge in [0.05, 0.1) is 31.6 Å². The Balaban J connectivity index is 0.744. The summed E-state index contributed by atoms with van der Waals surface area (Å²) in [5, 5.41) is 19.2. The number of morpholine rings is 2. The Labute approximate surface area is 538 Å².